The van der Waals surface area contributed by atoms with E-state index in [4.69, 9.17) is 9.47 Å². The molecule has 5 rings (SSSR count). The van der Waals surface area contributed by atoms with Crippen LogP contribution in [0, 0.1) is 0 Å². The highest BCUT2D eigenvalue weighted by Crippen LogP contribution is 2.35. The van der Waals surface area contributed by atoms with Crippen molar-refractivity contribution in [1.82, 2.24) is 30.1 Å². The monoisotopic (exact) mass is 480 g/mol. The smallest absolute Gasteiger partial charge is 0.252 e. The molecule has 34 heavy (non-hydrogen) atoms. The van der Waals surface area contributed by atoms with E-state index in [9.17, 15) is 4.79 Å². The highest BCUT2D eigenvalue weighted by molar-refractivity contribution is 7.09. The summed E-state index contributed by atoms with van der Waals surface area (Å²) in [6, 6.07) is 9.77. The summed E-state index contributed by atoms with van der Waals surface area (Å²) in [7, 11) is 0. The number of aromatic amines is 1. The predicted octanol–water partition coefficient (Wildman–Crippen LogP) is 4.21. The highest BCUT2D eigenvalue weighted by Gasteiger charge is 2.30. The Balaban J connectivity index is 1.54. The van der Waals surface area contributed by atoms with Crippen molar-refractivity contribution < 1.29 is 9.47 Å². The molecule has 0 fully saturated rings. The summed E-state index contributed by atoms with van der Waals surface area (Å²) in [6.45, 7) is 9.71. The Kier molecular flexibility index (Phi) is 5.86. The fourth-order valence-corrected chi connectivity index (χ4v) is 5.07. The van der Waals surface area contributed by atoms with E-state index in [0.29, 0.717) is 30.2 Å². The molecule has 1 unspecified atom stereocenters. The van der Waals surface area contributed by atoms with E-state index < -0.39 is 0 Å². The van der Waals surface area contributed by atoms with E-state index in [2.05, 4.69) is 64.6 Å². The van der Waals surface area contributed by atoms with Crippen molar-refractivity contribution in [2.75, 3.05) is 6.79 Å². The van der Waals surface area contributed by atoms with Gasteiger partial charge in [0, 0.05) is 35.0 Å². The van der Waals surface area contributed by atoms with Gasteiger partial charge in [0.05, 0.1) is 17.1 Å². The molecule has 0 saturated carbocycles. The molecule has 1 aliphatic heterocycles. The van der Waals surface area contributed by atoms with E-state index in [1.165, 1.54) is 4.88 Å². The lowest BCUT2D eigenvalue weighted by molar-refractivity contribution is 0.155. The van der Waals surface area contributed by atoms with Crippen molar-refractivity contribution in [3.8, 4) is 11.5 Å². The van der Waals surface area contributed by atoms with Crippen LogP contribution in [0.3, 0.4) is 0 Å². The number of fused-ring (bicyclic) bond motifs is 2. The summed E-state index contributed by atoms with van der Waals surface area (Å²) in [5, 5.41) is 15.6. The van der Waals surface area contributed by atoms with Crippen LogP contribution in [0.5, 0.6) is 11.5 Å². The number of nitrogens with one attached hydrogen (secondary N) is 1. The van der Waals surface area contributed by atoms with Gasteiger partial charge in [-0.3, -0.25) is 9.69 Å². The van der Waals surface area contributed by atoms with E-state index in [0.717, 1.165) is 23.1 Å². The molecule has 1 atom stereocenters. The van der Waals surface area contributed by atoms with Gasteiger partial charge < -0.3 is 14.5 Å². The average molecular weight is 481 g/mol. The summed E-state index contributed by atoms with van der Waals surface area (Å²) >= 11 is 1.70. The summed E-state index contributed by atoms with van der Waals surface area (Å²) in [4.78, 5) is 19.6. The molecule has 9 nitrogen and oxygen atoms in total. The molecule has 4 heterocycles. The molecule has 0 amide bonds. The zero-order valence-electron chi connectivity index (χ0n) is 19.7. The summed E-state index contributed by atoms with van der Waals surface area (Å²) < 4.78 is 12.9. The van der Waals surface area contributed by atoms with Gasteiger partial charge in [-0.05, 0) is 61.2 Å². The standard InChI is InChI=1S/C24H28N6O3S/c1-5-19(22-26-27-28-30(22)24(2,3)4)29(13-17-7-6-8-34-17)12-16-9-15-10-20-21(33-14-32-20)11-18(15)25-23(16)31/h6-11,19H,5,12-14H2,1-4H3,(H,25,31). The maximum absolute atomic E-state index is 13.1. The summed E-state index contributed by atoms with van der Waals surface area (Å²) in [5.41, 5.74) is 1.03. The lowest BCUT2D eigenvalue weighted by Gasteiger charge is -2.32. The second-order valence-electron chi connectivity index (χ2n) is 9.44. The van der Waals surface area contributed by atoms with E-state index in [1.54, 1.807) is 11.3 Å². The molecule has 178 valence electrons. The maximum atomic E-state index is 13.1. The third-order valence-corrected chi connectivity index (χ3v) is 6.84. The van der Waals surface area contributed by atoms with Crippen LogP contribution < -0.4 is 15.0 Å². The minimum atomic E-state index is -0.260. The van der Waals surface area contributed by atoms with Gasteiger partial charge in [0.1, 0.15) is 0 Å². The summed E-state index contributed by atoms with van der Waals surface area (Å²) in [5.74, 6) is 2.14. The van der Waals surface area contributed by atoms with Crippen LogP contribution in [0.4, 0.5) is 0 Å². The minimum absolute atomic E-state index is 0.0665. The van der Waals surface area contributed by atoms with Crippen LogP contribution >= 0.6 is 11.3 Å². The number of nitrogens with zero attached hydrogens (tertiary/aromatic N) is 5. The number of H-pyrrole nitrogens is 1. The summed E-state index contributed by atoms with van der Waals surface area (Å²) in [6.07, 6.45) is 0.798. The number of hydrogen-bond acceptors (Lipinski definition) is 8. The van der Waals surface area contributed by atoms with Crippen LogP contribution in [-0.4, -0.2) is 36.9 Å². The third-order valence-electron chi connectivity index (χ3n) is 5.98. The van der Waals surface area contributed by atoms with Crippen LogP contribution in [0.25, 0.3) is 10.9 Å². The van der Waals surface area contributed by atoms with Gasteiger partial charge >= 0.3 is 0 Å². The molecule has 4 aromatic rings. The number of ether oxygens (including phenoxy) is 2. The first-order valence-corrected chi connectivity index (χ1v) is 12.2. The van der Waals surface area contributed by atoms with E-state index >= 15 is 0 Å². The van der Waals surface area contributed by atoms with Crippen LogP contribution in [0.2, 0.25) is 0 Å². The van der Waals surface area contributed by atoms with E-state index in [-0.39, 0.29) is 23.9 Å². The molecule has 1 aromatic carbocycles. The molecule has 1 N–H and O–H groups in total. The predicted molar refractivity (Wildman–Crippen MR) is 130 cm³/mol. The fourth-order valence-electron chi connectivity index (χ4n) is 4.34. The maximum Gasteiger partial charge on any atom is 0.252 e. The van der Waals surface area contributed by atoms with Crippen LogP contribution in [-0.2, 0) is 18.6 Å². The van der Waals surface area contributed by atoms with Crippen molar-refractivity contribution >= 4 is 22.2 Å². The van der Waals surface area contributed by atoms with Crippen molar-refractivity contribution in [2.45, 2.75) is 58.8 Å². The first kappa shape index (κ1) is 22.5. The van der Waals surface area contributed by atoms with Crippen LogP contribution in [0.1, 0.15) is 56.4 Å². The largest absolute Gasteiger partial charge is 0.454 e. The Morgan fingerprint density at radius 1 is 1.21 bits per heavy atom. The van der Waals surface area contributed by atoms with Gasteiger partial charge in [-0.25, -0.2) is 4.68 Å². The number of rotatable bonds is 7. The molecular weight excluding hydrogens is 452 g/mol. The SMILES string of the molecule is CCC(c1nnnn1C(C)(C)C)N(Cc1cccs1)Cc1cc2cc3c(cc2[nH]c1=O)OCO3. The fraction of sp³-hybridized carbons (Fsp3) is 0.417. The van der Waals surface area contributed by atoms with Gasteiger partial charge in [-0.15, -0.1) is 16.4 Å². The number of tetrazole rings is 1. The minimum Gasteiger partial charge on any atom is -0.454 e. The molecule has 0 bridgehead atoms. The number of aromatic nitrogens is 5. The first-order chi connectivity index (χ1) is 16.3. The lowest BCUT2D eigenvalue weighted by atomic mass is 10.1. The molecule has 0 saturated heterocycles. The van der Waals surface area contributed by atoms with Gasteiger partial charge in [-0.2, -0.15) is 0 Å². The van der Waals surface area contributed by atoms with Crippen molar-refractivity contribution in [3.63, 3.8) is 0 Å². The van der Waals surface area contributed by atoms with Gasteiger partial charge in [0.2, 0.25) is 6.79 Å². The van der Waals surface area contributed by atoms with E-state index in [1.807, 2.05) is 28.9 Å². The molecule has 10 heteroatoms. The highest BCUT2D eigenvalue weighted by atomic mass is 32.1. The zero-order valence-corrected chi connectivity index (χ0v) is 20.6. The second-order valence-corrected chi connectivity index (χ2v) is 10.5. The normalized spacial score (nSPS) is 14.3. The van der Waals surface area contributed by atoms with Crippen molar-refractivity contribution in [2.24, 2.45) is 0 Å². The Labute approximate surface area is 201 Å². The molecule has 1 aliphatic rings. The van der Waals surface area contributed by atoms with Crippen molar-refractivity contribution in [3.05, 3.63) is 62.3 Å². The average Bonchev–Trinajstić information content (AvgIpc) is 3.54. The van der Waals surface area contributed by atoms with Gasteiger partial charge in [-0.1, -0.05) is 13.0 Å². The number of hydrogen-bond donors (Lipinski definition) is 1. The molecule has 0 radical (unpaired) electrons. The topological polar surface area (TPSA) is 98.2 Å². The lowest BCUT2D eigenvalue weighted by Crippen LogP contribution is -2.35. The number of thiophene rings is 1. The third kappa shape index (κ3) is 4.30. The van der Waals surface area contributed by atoms with Crippen LogP contribution in [0.15, 0.2) is 40.5 Å². The number of benzene rings is 1. The quantitative estimate of drug-likeness (QED) is 0.423. The zero-order chi connectivity index (χ0) is 23.9. The molecular formula is C24H28N6O3S. The van der Waals surface area contributed by atoms with Crippen molar-refractivity contribution in [1.29, 1.82) is 0 Å². The second kappa shape index (κ2) is 8.84. The molecule has 3 aromatic heterocycles. The Morgan fingerprint density at radius 3 is 2.71 bits per heavy atom. The Bertz CT molecular complexity index is 1360. The van der Waals surface area contributed by atoms with Gasteiger partial charge in [0.25, 0.3) is 5.56 Å². The first-order valence-electron chi connectivity index (χ1n) is 11.3. The molecule has 0 spiro atoms. The van der Waals surface area contributed by atoms with Gasteiger partial charge in [0.15, 0.2) is 17.3 Å². The molecule has 0 aliphatic carbocycles. The Hall–Kier alpha value is -3.24. The number of pyridine rings is 1. The Morgan fingerprint density at radius 2 is 2.00 bits per heavy atom.